The van der Waals surface area contributed by atoms with Crippen LogP contribution in [-0.2, 0) is 0 Å². The van der Waals surface area contributed by atoms with E-state index in [4.69, 9.17) is 0 Å². The molecule has 6 heteroatoms. The van der Waals surface area contributed by atoms with E-state index in [-0.39, 0.29) is 28.5 Å². The molecule has 1 saturated carbocycles. The van der Waals surface area contributed by atoms with E-state index in [1.54, 1.807) is 0 Å². The van der Waals surface area contributed by atoms with Crippen molar-refractivity contribution in [2.75, 3.05) is 6.54 Å². The lowest BCUT2D eigenvalue weighted by Crippen LogP contribution is -2.50. The molecule has 2 fully saturated rings. The van der Waals surface area contributed by atoms with Crippen molar-refractivity contribution in [1.82, 2.24) is 9.88 Å². The lowest BCUT2D eigenvalue weighted by atomic mass is 9.87. The minimum Gasteiger partial charge on any atom is -0.393 e. The van der Waals surface area contributed by atoms with Crippen LogP contribution in [0.4, 0.5) is 13.2 Å². The van der Waals surface area contributed by atoms with Crippen LogP contribution in [0.1, 0.15) is 56.4 Å². The van der Waals surface area contributed by atoms with Crippen molar-refractivity contribution in [2.24, 2.45) is 0 Å². The first-order valence-corrected chi connectivity index (χ1v) is 10.1. The zero-order valence-corrected chi connectivity index (χ0v) is 17.0. The predicted octanol–water partition coefficient (Wildman–Crippen LogP) is 4.64. The second kappa shape index (κ2) is 7.81. The maximum absolute atomic E-state index is 15.1. The van der Waals surface area contributed by atoms with Gasteiger partial charge in [-0.2, -0.15) is 0 Å². The third-order valence-corrected chi connectivity index (χ3v) is 5.59. The van der Waals surface area contributed by atoms with Gasteiger partial charge in [-0.15, -0.1) is 0 Å². The third-order valence-electron chi connectivity index (χ3n) is 5.59. The molecule has 2 aromatic rings. The maximum Gasteiger partial charge on any atom is 0.152 e. The van der Waals surface area contributed by atoms with Gasteiger partial charge < -0.3 is 10.0 Å². The highest BCUT2D eigenvalue weighted by molar-refractivity contribution is 5.69. The highest BCUT2D eigenvalue weighted by atomic mass is 19.1. The first-order chi connectivity index (χ1) is 14.2. The van der Waals surface area contributed by atoms with Crippen LogP contribution >= 0.6 is 0 Å². The van der Waals surface area contributed by atoms with Gasteiger partial charge in [0.2, 0.25) is 0 Å². The molecule has 0 spiro atoms. The Morgan fingerprint density at radius 1 is 1.13 bits per heavy atom. The summed E-state index contributed by atoms with van der Waals surface area (Å²) in [6.07, 6.45) is 4.15. The molecule has 1 saturated heterocycles. The van der Waals surface area contributed by atoms with Crippen molar-refractivity contribution in [3.05, 3.63) is 70.3 Å². The minimum absolute atomic E-state index is 0.0890. The highest BCUT2D eigenvalue weighted by Crippen LogP contribution is 2.43. The molecule has 0 bridgehead atoms. The Morgan fingerprint density at radius 3 is 2.57 bits per heavy atom. The van der Waals surface area contributed by atoms with Gasteiger partial charge in [-0.1, -0.05) is 11.8 Å². The van der Waals surface area contributed by atoms with E-state index in [9.17, 15) is 13.9 Å². The number of rotatable bonds is 2. The van der Waals surface area contributed by atoms with Gasteiger partial charge in [-0.05, 0) is 69.4 Å². The largest absolute Gasteiger partial charge is 0.393 e. The number of nitrogens with zero attached hydrogens (tertiary/aromatic N) is 2. The Morgan fingerprint density at radius 2 is 1.90 bits per heavy atom. The SMILES string of the molecule is CC1(C)CC(O)CCN1C(=C1CC1)c1ncc(C#Cc2cc(F)ccc2F)cc1F. The number of halogens is 3. The number of aliphatic hydroxyl groups is 1. The van der Waals surface area contributed by atoms with Crippen molar-refractivity contribution in [3.8, 4) is 11.8 Å². The number of piperidine rings is 1. The van der Waals surface area contributed by atoms with Crippen LogP contribution in [0.2, 0.25) is 0 Å². The number of likely N-dealkylation sites (tertiary alicyclic amines) is 1. The van der Waals surface area contributed by atoms with Gasteiger partial charge >= 0.3 is 0 Å². The molecule has 2 aliphatic rings. The molecule has 0 amide bonds. The normalized spacial score (nSPS) is 19.9. The number of benzene rings is 1. The number of hydrogen-bond acceptors (Lipinski definition) is 3. The van der Waals surface area contributed by atoms with Gasteiger partial charge in [-0.3, -0.25) is 4.98 Å². The molecule has 1 atom stereocenters. The van der Waals surface area contributed by atoms with Crippen molar-refractivity contribution in [3.63, 3.8) is 0 Å². The Hall–Kier alpha value is -2.78. The molecule has 30 heavy (non-hydrogen) atoms. The molecule has 156 valence electrons. The van der Waals surface area contributed by atoms with E-state index in [0.29, 0.717) is 19.4 Å². The Bertz CT molecular complexity index is 1080. The summed E-state index contributed by atoms with van der Waals surface area (Å²) in [4.78, 5) is 6.50. The quantitative estimate of drug-likeness (QED) is 0.731. The van der Waals surface area contributed by atoms with E-state index in [2.05, 4.69) is 21.7 Å². The van der Waals surface area contributed by atoms with Crippen LogP contribution in [0.5, 0.6) is 0 Å². The molecule has 3 nitrogen and oxygen atoms in total. The average Bonchev–Trinajstić information content (AvgIpc) is 3.50. The van der Waals surface area contributed by atoms with Crippen molar-refractivity contribution in [1.29, 1.82) is 0 Å². The third kappa shape index (κ3) is 4.22. The number of allylic oxidation sites excluding steroid dienone is 1. The molecule has 2 heterocycles. The first-order valence-electron chi connectivity index (χ1n) is 10.1. The first kappa shape index (κ1) is 20.5. The van der Waals surface area contributed by atoms with E-state index in [1.807, 2.05) is 13.8 Å². The highest BCUT2D eigenvalue weighted by Gasteiger charge is 2.39. The van der Waals surface area contributed by atoms with E-state index >= 15 is 4.39 Å². The van der Waals surface area contributed by atoms with Gasteiger partial charge in [0.15, 0.2) is 5.82 Å². The van der Waals surface area contributed by atoms with Crippen molar-refractivity contribution in [2.45, 2.75) is 51.2 Å². The fraction of sp³-hybridized carbons (Fsp3) is 0.375. The minimum atomic E-state index is -0.635. The topological polar surface area (TPSA) is 36.4 Å². The molecular formula is C24H23F3N2O. The van der Waals surface area contributed by atoms with Crippen molar-refractivity contribution < 1.29 is 18.3 Å². The molecule has 0 radical (unpaired) electrons. The summed E-state index contributed by atoms with van der Waals surface area (Å²) in [5.41, 5.74) is 2.12. The summed E-state index contributed by atoms with van der Waals surface area (Å²) in [5.74, 6) is 3.48. The Balaban J connectivity index is 1.66. The number of hydrogen-bond donors (Lipinski definition) is 1. The zero-order chi connectivity index (χ0) is 21.5. The zero-order valence-electron chi connectivity index (χ0n) is 17.0. The van der Waals surface area contributed by atoms with Crippen LogP contribution in [0.15, 0.2) is 36.0 Å². The monoisotopic (exact) mass is 412 g/mol. The molecule has 1 aliphatic carbocycles. The molecule has 1 aliphatic heterocycles. The Kier molecular flexibility index (Phi) is 5.33. The molecule has 1 unspecified atom stereocenters. The van der Waals surface area contributed by atoms with Crippen molar-refractivity contribution >= 4 is 5.70 Å². The molecule has 4 rings (SSSR count). The van der Waals surface area contributed by atoms with E-state index in [1.165, 1.54) is 12.3 Å². The van der Waals surface area contributed by atoms with Gasteiger partial charge in [0, 0.05) is 23.8 Å². The summed E-state index contributed by atoms with van der Waals surface area (Å²) in [6.45, 7) is 4.72. The summed E-state index contributed by atoms with van der Waals surface area (Å²) in [6, 6.07) is 4.31. The van der Waals surface area contributed by atoms with Crippen LogP contribution in [0.25, 0.3) is 5.70 Å². The molecular weight excluding hydrogens is 389 g/mol. The lowest BCUT2D eigenvalue weighted by molar-refractivity contribution is 0.0313. The summed E-state index contributed by atoms with van der Waals surface area (Å²) < 4.78 is 42.1. The molecule has 1 aromatic carbocycles. The number of pyridine rings is 1. The fourth-order valence-corrected chi connectivity index (χ4v) is 3.98. The van der Waals surface area contributed by atoms with E-state index < -0.39 is 17.5 Å². The standard InChI is InChI=1S/C24H23F3N2O/c1-24(2)13-19(30)9-10-29(24)23(16-5-6-16)22-21(27)11-15(14-28-22)3-4-17-12-18(25)7-8-20(17)26/h7-8,11-12,14,19,30H,5-6,9-10,13H2,1-2H3. The molecule has 1 aromatic heterocycles. The second-order valence-electron chi connectivity index (χ2n) is 8.49. The van der Waals surface area contributed by atoms with Gasteiger partial charge in [-0.25, -0.2) is 13.2 Å². The molecule has 1 N–H and O–H groups in total. The van der Waals surface area contributed by atoms with E-state index in [0.717, 1.165) is 42.3 Å². The smallest absolute Gasteiger partial charge is 0.152 e. The van der Waals surface area contributed by atoms with Crippen LogP contribution < -0.4 is 0 Å². The second-order valence-corrected chi connectivity index (χ2v) is 8.49. The summed E-state index contributed by atoms with van der Waals surface area (Å²) >= 11 is 0. The van der Waals surface area contributed by atoms with Gasteiger partial charge in [0.05, 0.1) is 17.4 Å². The summed E-state index contributed by atoms with van der Waals surface area (Å²) in [5, 5.41) is 10.1. The van der Waals surface area contributed by atoms with Gasteiger partial charge in [0.1, 0.15) is 17.3 Å². The van der Waals surface area contributed by atoms with Crippen LogP contribution in [0, 0.1) is 29.3 Å². The van der Waals surface area contributed by atoms with Crippen LogP contribution in [0.3, 0.4) is 0 Å². The predicted molar refractivity (Wildman–Crippen MR) is 109 cm³/mol. The van der Waals surface area contributed by atoms with Crippen LogP contribution in [-0.4, -0.2) is 33.2 Å². The fourth-order valence-electron chi connectivity index (χ4n) is 3.98. The maximum atomic E-state index is 15.1. The Labute approximate surface area is 174 Å². The lowest BCUT2D eigenvalue weighted by Gasteiger charge is -2.47. The summed E-state index contributed by atoms with van der Waals surface area (Å²) in [7, 11) is 0. The number of aliphatic hydroxyl groups excluding tert-OH is 1. The van der Waals surface area contributed by atoms with Gasteiger partial charge in [0.25, 0.3) is 0 Å². The number of aromatic nitrogens is 1. The average molecular weight is 412 g/mol.